The Bertz CT molecular complexity index is 1050. The predicted octanol–water partition coefficient (Wildman–Crippen LogP) is 3.96. The SMILES string of the molecule is Cc1c([C@H](C)NCc2cc(-c3cccnc3)n[nH]2)cnn1-c1ccc(F)cc1. The number of halogens is 1. The molecule has 1 aromatic carbocycles. The van der Waals surface area contributed by atoms with E-state index in [4.69, 9.17) is 0 Å². The average Bonchev–Trinajstić information content (AvgIpc) is 3.34. The number of H-pyrrole nitrogens is 1. The van der Waals surface area contributed by atoms with E-state index in [2.05, 4.69) is 32.5 Å². The van der Waals surface area contributed by atoms with E-state index in [-0.39, 0.29) is 11.9 Å². The lowest BCUT2D eigenvalue weighted by Crippen LogP contribution is -2.19. The number of hydrogen-bond donors (Lipinski definition) is 2. The molecule has 0 radical (unpaired) electrons. The molecular weight excluding hydrogens is 355 g/mol. The number of hydrogen-bond acceptors (Lipinski definition) is 4. The fraction of sp³-hybridized carbons (Fsp3) is 0.190. The van der Waals surface area contributed by atoms with E-state index in [0.717, 1.165) is 33.9 Å². The fourth-order valence-electron chi connectivity index (χ4n) is 3.18. The van der Waals surface area contributed by atoms with Crippen LogP contribution in [0.1, 0.15) is 29.9 Å². The maximum Gasteiger partial charge on any atom is 0.123 e. The van der Waals surface area contributed by atoms with Crippen molar-refractivity contribution < 1.29 is 4.39 Å². The highest BCUT2D eigenvalue weighted by Crippen LogP contribution is 2.21. The Kier molecular flexibility index (Phi) is 4.99. The Balaban J connectivity index is 1.44. The van der Waals surface area contributed by atoms with Gasteiger partial charge in [0.2, 0.25) is 0 Å². The lowest BCUT2D eigenvalue weighted by Gasteiger charge is -2.13. The molecule has 7 heteroatoms. The number of pyridine rings is 1. The van der Waals surface area contributed by atoms with Crippen LogP contribution in [0.5, 0.6) is 0 Å². The molecule has 4 rings (SSSR count). The smallest absolute Gasteiger partial charge is 0.123 e. The molecule has 0 saturated carbocycles. The molecule has 0 fully saturated rings. The number of aromatic amines is 1. The maximum absolute atomic E-state index is 13.2. The van der Waals surface area contributed by atoms with Crippen LogP contribution in [-0.2, 0) is 6.54 Å². The Labute approximate surface area is 162 Å². The zero-order valence-corrected chi connectivity index (χ0v) is 15.7. The molecule has 2 N–H and O–H groups in total. The molecule has 28 heavy (non-hydrogen) atoms. The van der Waals surface area contributed by atoms with Gasteiger partial charge < -0.3 is 5.32 Å². The van der Waals surface area contributed by atoms with E-state index in [9.17, 15) is 4.39 Å². The van der Waals surface area contributed by atoms with Gasteiger partial charge >= 0.3 is 0 Å². The van der Waals surface area contributed by atoms with Crippen molar-refractivity contribution in [2.75, 3.05) is 0 Å². The van der Waals surface area contributed by atoms with Gasteiger partial charge in [0.05, 0.1) is 17.6 Å². The summed E-state index contributed by atoms with van der Waals surface area (Å²) in [4.78, 5) is 4.13. The summed E-state index contributed by atoms with van der Waals surface area (Å²) in [6, 6.07) is 12.3. The van der Waals surface area contributed by atoms with Crippen molar-refractivity contribution in [3.05, 3.63) is 83.8 Å². The van der Waals surface area contributed by atoms with E-state index in [1.165, 1.54) is 12.1 Å². The predicted molar refractivity (Wildman–Crippen MR) is 105 cm³/mol. The standard InChI is InChI=1S/C21H21FN6/c1-14(20-13-25-28(15(20)2)19-7-5-17(22)6-8-19)24-12-18-10-21(27-26-18)16-4-3-9-23-11-16/h3-11,13-14,24H,12H2,1-2H3,(H,26,27)/t14-/m0/s1. The summed E-state index contributed by atoms with van der Waals surface area (Å²) < 4.78 is 15.0. The van der Waals surface area contributed by atoms with Crippen LogP contribution < -0.4 is 5.32 Å². The van der Waals surface area contributed by atoms with Crippen LogP contribution in [0.25, 0.3) is 16.9 Å². The molecule has 0 aliphatic rings. The molecule has 1 atom stereocenters. The molecule has 0 spiro atoms. The third kappa shape index (κ3) is 3.70. The molecule has 0 aliphatic carbocycles. The molecule has 0 amide bonds. The number of rotatable bonds is 6. The molecule has 3 aromatic heterocycles. The molecular formula is C21H21FN6. The Hall–Kier alpha value is -3.32. The molecule has 142 valence electrons. The van der Waals surface area contributed by atoms with Crippen molar-refractivity contribution in [2.24, 2.45) is 0 Å². The second-order valence-electron chi connectivity index (χ2n) is 6.70. The first-order valence-electron chi connectivity index (χ1n) is 9.10. The molecule has 3 heterocycles. The van der Waals surface area contributed by atoms with Gasteiger partial charge in [-0.1, -0.05) is 0 Å². The molecule has 6 nitrogen and oxygen atoms in total. The van der Waals surface area contributed by atoms with E-state index >= 15 is 0 Å². The van der Waals surface area contributed by atoms with Crippen LogP contribution in [0.15, 0.2) is 61.1 Å². The zero-order chi connectivity index (χ0) is 19.5. The van der Waals surface area contributed by atoms with Crippen molar-refractivity contribution in [1.82, 2.24) is 30.3 Å². The zero-order valence-electron chi connectivity index (χ0n) is 15.7. The summed E-state index contributed by atoms with van der Waals surface area (Å²) >= 11 is 0. The molecule has 4 aromatic rings. The first kappa shape index (κ1) is 18.1. The van der Waals surface area contributed by atoms with Crippen LogP contribution in [-0.4, -0.2) is 25.0 Å². The fourth-order valence-corrected chi connectivity index (χ4v) is 3.18. The van der Waals surface area contributed by atoms with Gasteiger partial charge in [-0.15, -0.1) is 0 Å². The van der Waals surface area contributed by atoms with Crippen molar-refractivity contribution in [1.29, 1.82) is 0 Å². The lowest BCUT2D eigenvalue weighted by molar-refractivity contribution is 0.564. The summed E-state index contributed by atoms with van der Waals surface area (Å²) in [5.74, 6) is -0.256. The van der Waals surface area contributed by atoms with E-state index < -0.39 is 0 Å². The summed E-state index contributed by atoms with van der Waals surface area (Å²) in [6.07, 6.45) is 5.39. The third-order valence-corrected chi connectivity index (χ3v) is 4.77. The van der Waals surface area contributed by atoms with Gasteiger partial charge in [-0.2, -0.15) is 10.2 Å². The van der Waals surface area contributed by atoms with Crippen LogP contribution in [0.2, 0.25) is 0 Å². The molecule has 0 bridgehead atoms. The Morgan fingerprint density at radius 3 is 2.75 bits per heavy atom. The maximum atomic E-state index is 13.2. The van der Waals surface area contributed by atoms with Gasteiger partial charge in [-0.3, -0.25) is 10.1 Å². The Morgan fingerprint density at radius 2 is 2.00 bits per heavy atom. The highest BCUT2D eigenvalue weighted by molar-refractivity contribution is 5.57. The number of aromatic nitrogens is 5. The van der Waals surface area contributed by atoms with Gasteiger partial charge in [-0.25, -0.2) is 9.07 Å². The minimum Gasteiger partial charge on any atom is -0.304 e. The van der Waals surface area contributed by atoms with Crippen LogP contribution >= 0.6 is 0 Å². The molecule has 0 saturated heterocycles. The van der Waals surface area contributed by atoms with Crippen molar-refractivity contribution >= 4 is 0 Å². The van der Waals surface area contributed by atoms with Crippen LogP contribution in [0, 0.1) is 12.7 Å². The minimum absolute atomic E-state index is 0.0966. The average molecular weight is 376 g/mol. The van der Waals surface area contributed by atoms with Gasteiger partial charge in [-0.05, 0) is 56.3 Å². The largest absolute Gasteiger partial charge is 0.304 e. The van der Waals surface area contributed by atoms with E-state index in [0.29, 0.717) is 6.54 Å². The van der Waals surface area contributed by atoms with E-state index in [1.807, 2.05) is 36.0 Å². The highest BCUT2D eigenvalue weighted by Gasteiger charge is 2.14. The van der Waals surface area contributed by atoms with Crippen molar-refractivity contribution in [2.45, 2.75) is 26.4 Å². The number of nitrogens with one attached hydrogen (secondary N) is 2. The summed E-state index contributed by atoms with van der Waals surface area (Å²) in [7, 11) is 0. The quantitative estimate of drug-likeness (QED) is 0.534. The monoisotopic (exact) mass is 376 g/mol. The van der Waals surface area contributed by atoms with Crippen LogP contribution in [0.4, 0.5) is 4.39 Å². The summed E-state index contributed by atoms with van der Waals surface area (Å²) in [6.45, 7) is 4.76. The topological polar surface area (TPSA) is 71.4 Å². The summed E-state index contributed by atoms with van der Waals surface area (Å²) in [5, 5.41) is 15.4. The van der Waals surface area contributed by atoms with Gasteiger partial charge in [0, 0.05) is 47.5 Å². The van der Waals surface area contributed by atoms with Crippen molar-refractivity contribution in [3.63, 3.8) is 0 Å². The highest BCUT2D eigenvalue weighted by atomic mass is 19.1. The first-order chi connectivity index (χ1) is 13.6. The van der Waals surface area contributed by atoms with Crippen molar-refractivity contribution in [3.8, 4) is 16.9 Å². The van der Waals surface area contributed by atoms with Gasteiger partial charge in [0.15, 0.2) is 0 Å². The third-order valence-electron chi connectivity index (χ3n) is 4.77. The Morgan fingerprint density at radius 1 is 1.18 bits per heavy atom. The van der Waals surface area contributed by atoms with Gasteiger partial charge in [0.25, 0.3) is 0 Å². The minimum atomic E-state index is -0.256. The van der Waals surface area contributed by atoms with Crippen LogP contribution in [0.3, 0.4) is 0 Å². The number of nitrogens with zero attached hydrogens (tertiary/aromatic N) is 4. The van der Waals surface area contributed by atoms with E-state index in [1.54, 1.807) is 24.5 Å². The van der Waals surface area contributed by atoms with Gasteiger partial charge in [0.1, 0.15) is 5.82 Å². The number of benzene rings is 1. The molecule has 0 aliphatic heterocycles. The normalized spacial score (nSPS) is 12.2. The second-order valence-corrected chi connectivity index (χ2v) is 6.70. The summed E-state index contributed by atoms with van der Waals surface area (Å²) in [5.41, 5.74) is 5.80. The lowest BCUT2D eigenvalue weighted by atomic mass is 10.1. The second kappa shape index (κ2) is 7.74. The first-order valence-corrected chi connectivity index (χ1v) is 9.10. The molecule has 0 unspecified atom stereocenters.